The minimum Gasteiger partial charge on any atom is -0.472 e. The zero-order valence-corrected chi connectivity index (χ0v) is 12.4. The van der Waals surface area contributed by atoms with Crippen LogP contribution in [-0.4, -0.2) is 51.5 Å². The molecule has 1 aromatic heterocycles. The molecule has 0 bridgehead atoms. The zero-order valence-electron chi connectivity index (χ0n) is 12.4. The molecule has 1 atom stereocenters. The van der Waals surface area contributed by atoms with Gasteiger partial charge in [0.2, 0.25) is 5.88 Å². The van der Waals surface area contributed by atoms with E-state index in [2.05, 4.69) is 9.97 Å². The third-order valence-corrected chi connectivity index (χ3v) is 3.19. The van der Waals surface area contributed by atoms with Crippen LogP contribution in [0.15, 0.2) is 18.6 Å². The van der Waals surface area contributed by atoms with Gasteiger partial charge in [-0.05, 0) is 13.8 Å². The molecule has 0 radical (unpaired) electrons. The number of likely N-dealkylation sites (tertiary alicyclic amines) is 1. The van der Waals surface area contributed by atoms with Gasteiger partial charge in [-0.15, -0.1) is 0 Å². The molecule has 2 rings (SSSR count). The topological polar surface area (TPSA) is 81.6 Å². The number of carbonyl (C=O) groups excluding carboxylic acids is 2. The van der Waals surface area contributed by atoms with Gasteiger partial charge in [0, 0.05) is 32.2 Å². The van der Waals surface area contributed by atoms with Crippen LogP contribution in [0.3, 0.4) is 0 Å². The lowest BCUT2D eigenvalue weighted by Gasteiger charge is -2.28. The predicted octanol–water partition coefficient (Wildman–Crippen LogP) is 0.798. The second-order valence-electron chi connectivity index (χ2n) is 5.43. The highest BCUT2D eigenvalue weighted by molar-refractivity contribution is 5.87. The van der Waals surface area contributed by atoms with Crippen LogP contribution in [0.4, 0.5) is 0 Å². The van der Waals surface area contributed by atoms with Crippen molar-refractivity contribution >= 4 is 11.9 Å². The number of esters is 1. The van der Waals surface area contributed by atoms with Crippen LogP contribution in [0.25, 0.3) is 0 Å². The van der Waals surface area contributed by atoms with E-state index < -0.39 is 11.6 Å². The predicted molar refractivity (Wildman–Crippen MR) is 73.5 cm³/mol. The van der Waals surface area contributed by atoms with Crippen LogP contribution in [-0.2, 0) is 14.3 Å². The quantitative estimate of drug-likeness (QED) is 0.764. The Labute approximate surface area is 123 Å². The van der Waals surface area contributed by atoms with Crippen molar-refractivity contribution < 1.29 is 19.1 Å². The molecule has 7 nitrogen and oxygen atoms in total. The first-order valence-corrected chi connectivity index (χ1v) is 6.80. The maximum atomic E-state index is 12.4. The Kier molecular flexibility index (Phi) is 4.40. The molecular weight excluding hydrogens is 274 g/mol. The van der Waals surface area contributed by atoms with Crippen molar-refractivity contribution in [2.75, 3.05) is 13.1 Å². The Morgan fingerprint density at radius 2 is 2.19 bits per heavy atom. The van der Waals surface area contributed by atoms with Crippen LogP contribution < -0.4 is 4.74 Å². The van der Waals surface area contributed by atoms with Crippen LogP contribution in [0.2, 0.25) is 0 Å². The third kappa shape index (κ3) is 3.90. The molecule has 0 aromatic carbocycles. The normalized spacial score (nSPS) is 18.4. The summed E-state index contributed by atoms with van der Waals surface area (Å²) in [6.45, 7) is 5.50. The van der Waals surface area contributed by atoms with Gasteiger partial charge in [0.15, 0.2) is 5.60 Å². The largest absolute Gasteiger partial charge is 0.472 e. The first kappa shape index (κ1) is 15.2. The number of amides is 1. The molecule has 0 N–H and O–H groups in total. The van der Waals surface area contributed by atoms with E-state index in [-0.39, 0.29) is 12.0 Å². The number of hydrogen-bond acceptors (Lipinski definition) is 6. The van der Waals surface area contributed by atoms with E-state index in [0.717, 1.165) is 0 Å². The van der Waals surface area contributed by atoms with Gasteiger partial charge in [-0.1, -0.05) is 0 Å². The van der Waals surface area contributed by atoms with E-state index >= 15 is 0 Å². The summed E-state index contributed by atoms with van der Waals surface area (Å²) in [4.78, 5) is 32.9. The van der Waals surface area contributed by atoms with E-state index in [1.165, 1.54) is 13.3 Å². The number of aromatic nitrogens is 2. The van der Waals surface area contributed by atoms with Gasteiger partial charge >= 0.3 is 5.97 Å². The summed E-state index contributed by atoms with van der Waals surface area (Å²) in [6, 6.07) is 1.67. The van der Waals surface area contributed by atoms with Crippen LogP contribution in [0.1, 0.15) is 27.2 Å². The molecule has 0 saturated carbocycles. The zero-order chi connectivity index (χ0) is 15.5. The Morgan fingerprint density at radius 1 is 1.43 bits per heavy atom. The van der Waals surface area contributed by atoms with Gasteiger partial charge in [-0.25, -0.2) is 9.97 Å². The SMILES string of the molecule is CC(=O)OC(C)(C)C(=O)N1CC[C@H](Oc2ccncn2)C1. The summed E-state index contributed by atoms with van der Waals surface area (Å²) in [5, 5.41) is 0. The molecule has 1 amide bonds. The lowest BCUT2D eigenvalue weighted by molar-refractivity contribution is -0.168. The van der Waals surface area contributed by atoms with Crippen molar-refractivity contribution in [3.8, 4) is 5.88 Å². The van der Waals surface area contributed by atoms with Crippen molar-refractivity contribution in [3.63, 3.8) is 0 Å². The molecular formula is C14H19N3O4. The van der Waals surface area contributed by atoms with E-state index in [1.54, 1.807) is 31.0 Å². The highest BCUT2D eigenvalue weighted by atomic mass is 16.6. The van der Waals surface area contributed by atoms with Gasteiger partial charge in [0.25, 0.3) is 5.91 Å². The molecule has 21 heavy (non-hydrogen) atoms. The maximum Gasteiger partial charge on any atom is 0.303 e. The summed E-state index contributed by atoms with van der Waals surface area (Å²) in [7, 11) is 0. The molecule has 0 aliphatic carbocycles. The summed E-state index contributed by atoms with van der Waals surface area (Å²) in [6.07, 6.45) is 3.62. The molecule has 7 heteroatoms. The maximum absolute atomic E-state index is 12.4. The minimum atomic E-state index is -1.16. The van der Waals surface area contributed by atoms with Gasteiger partial charge in [-0.3, -0.25) is 9.59 Å². The third-order valence-electron chi connectivity index (χ3n) is 3.19. The number of carbonyl (C=O) groups is 2. The first-order valence-electron chi connectivity index (χ1n) is 6.80. The van der Waals surface area contributed by atoms with E-state index in [4.69, 9.17) is 9.47 Å². The fourth-order valence-corrected chi connectivity index (χ4v) is 2.31. The number of rotatable bonds is 4. The molecule has 0 spiro atoms. The Balaban J connectivity index is 1.93. The standard InChI is InChI=1S/C14H19N3O4/c1-10(18)21-14(2,3)13(19)17-7-5-11(8-17)20-12-4-6-15-9-16-12/h4,6,9,11H,5,7-8H2,1-3H3/t11-/m0/s1. The summed E-state index contributed by atoms with van der Waals surface area (Å²) in [5.74, 6) is -0.198. The second-order valence-corrected chi connectivity index (χ2v) is 5.43. The summed E-state index contributed by atoms with van der Waals surface area (Å²) >= 11 is 0. The molecule has 1 aromatic rings. The average Bonchev–Trinajstić information content (AvgIpc) is 2.86. The van der Waals surface area contributed by atoms with Crippen molar-refractivity contribution in [1.82, 2.24) is 14.9 Å². The molecule has 114 valence electrons. The first-order chi connectivity index (χ1) is 9.88. The van der Waals surface area contributed by atoms with E-state index in [9.17, 15) is 9.59 Å². The Hall–Kier alpha value is -2.18. The molecule has 0 unspecified atom stereocenters. The monoisotopic (exact) mass is 293 g/mol. The molecule has 1 aliphatic heterocycles. The van der Waals surface area contributed by atoms with Crippen LogP contribution >= 0.6 is 0 Å². The highest BCUT2D eigenvalue weighted by Gasteiger charge is 2.38. The number of nitrogens with zero attached hydrogens (tertiary/aromatic N) is 3. The van der Waals surface area contributed by atoms with E-state index in [0.29, 0.717) is 25.4 Å². The minimum absolute atomic E-state index is 0.114. The van der Waals surface area contributed by atoms with Gasteiger partial charge in [-0.2, -0.15) is 0 Å². The van der Waals surface area contributed by atoms with Crippen molar-refractivity contribution in [1.29, 1.82) is 0 Å². The fourth-order valence-electron chi connectivity index (χ4n) is 2.31. The number of hydrogen-bond donors (Lipinski definition) is 0. The lowest BCUT2D eigenvalue weighted by atomic mass is 10.1. The smallest absolute Gasteiger partial charge is 0.303 e. The van der Waals surface area contributed by atoms with Crippen molar-refractivity contribution in [3.05, 3.63) is 18.6 Å². The molecule has 1 aliphatic rings. The van der Waals surface area contributed by atoms with Gasteiger partial charge in [0.05, 0.1) is 6.54 Å². The fraction of sp³-hybridized carbons (Fsp3) is 0.571. The highest BCUT2D eigenvalue weighted by Crippen LogP contribution is 2.21. The van der Waals surface area contributed by atoms with Gasteiger partial charge in [0.1, 0.15) is 12.4 Å². The Morgan fingerprint density at radius 3 is 2.81 bits per heavy atom. The number of ether oxygens (including phenoxy) is 2. The average molecular weight is 293 g/mol. The molecule has 1 saturated heterocycles. The second kappa shape index (κ2) is 6.07. The van der Waals surface area contributed by atoms with Crippen LogP contribution in [0.5, 0.6) is 5.88 Å². The van der Waals surface area contributed by atoms with E-state index in [1.807, 2.05) is 0 Å². The van der Waals surface area contributed by atoms with Crippen LogP contribution in [0, 0.1) is 0 Å². The Bertz CT molecular complexity index is 518. The molecule has 1 fully saturated rings. The van der Waals surface area contributed by atoms with Crippen molar-refractivity contribution in [2.24, 2.45) is 0 Å². The van der Waals surface area contributed by atoms with Crippen molar-refractivity contribution in [2.45, 2.75) is 38.9 Å². The van der Waals surface area contributed by atoms with Gasteiger partial charge < -0.3 is 14.4 Å². The lowest BCUT2D eigenvalue weighted by Crippen LogP contribution is -2.47. The molecule has 2 heterocycles. The summed E-state index contributed by atoms with van der Waals surface area (Å²) < 4.78 is 10.8. The summed E-state index contributed by atoms with van der Waals surface area (Å²) in [5.41, 5.74) is -1.16.